The van der Waals surface area contributed by atoms with Gasteiger partial charge in [-0.2, -0.15) is 4.98 Å². The molecule has 0 radical (unpaired) electrons. The lowest BCUT2D eigenvalue weighted by atomic mass is 10.2. The molecule has 1 N–H and O–H groups in total. The average molecular weight is 455 g/mol. The van der Waals surface area contributed by atoms with Gasteiger partial charge in [0.1, 0.15) is 5.82 Å². The lowest BCUT2D eigenvalue weighted by Crippen LogP contribution is -2.11. The molecular formula is C18H16BrFN2O4S. The van der Waals surface area contributed by atoms with Crippen molar-refractivity contribution in [3.8, 4) is 11.5 Å². The first-order chi connectivity index (χ1) is 12.9. The molecule has 1 heterocycles. The highest BCUT2D eigenvalue weighted by atomic mass is 79.9. The van der Waals surface area contributed by atoms with Gasteiger partial charge in [0.2, 0.25) is 26.6 Å². The molecule has 0 bridgehead atoms. The fraction of sp³-hybridized carbons (Fsp3) is 0.167. The Morgan fingerprint density at radius 1 is 1.15 bits per heavy atom. The Kier molecular flexibility index (Phi) is 5.93. The first-order valence-electron chi connectivity index (χ1n) is 7.92. The van der Waals surface area contributed by atoms with Crippen LogP contribution in [0.15, 0.2) is 67.3 Å². The van der Waals surface area contributed by atoms with Crippen molar-refractivity contribution in [2.75, 3.05) is 25.6 Å². The number of aromatic nitrogens is 1. The second-order valence-electron chi connectivity index (χ2n) is 5.54. The minimum Gasteiger partial charge on any atom is -0.419 e. The zero-order valence-electron chi connectivity index (χ0n) is 14.3. The summed E-state index contributed by atoms with van der Waals surface area (Å²) in [6.45, 7) is 0.682. The molecule has 0 unspecified atom stereocenters. The lowest BCUT2D eigenvalue weighted by molar-refractivity contribution is 0.210. The van der Waals surface area contributed by atoms with Gasteiger partial charge in [0, 0.05) is 23.7 Å². The molecule has 3 rings (SSSR count). The molecular weight excluding hydrogens is 439 g/mol. The minimum atomic E-state index is -4.00. The SMILES string of the molecule is COCCNc1oc(-c2ccc(Br)cc2)nc1S(=O)(=O)c1ccc(F)cc1. The number of ether oxygens (including phenoxy) is 1. The summed E-state index contributed by atoms with van der Waals surface area (Å²) >= 11 is 3.34. The van der Waals surface area contributed by atoms with E-state index in [0.717, 1.165) is 16.6 Å². The molecule has 0 spiro atoms. The molecule has 9 heteroatoms. The Balaban J connectivity index is 2.06. The summed E-state index contributed by atoms with van der Waals surface area (Å²) in [5.74, 6) is -0.361. The Morgan fingerprint density at radius 3 is 2.44 bits per heavy atom. The number of hydrogen-bond acceptors (Lipinski definition) is 6. The maximum absolute atomic E-state index is 13.2. The van der Waals surface area contributed by atoms with Crippen LogP contribution in [0.5, 0.6) is 0 Å². The Morgan fingerprint density at radius 2 is 1.81 bits per heavy atom. The predicted molar refractivity (Wildman–Crippen MR) is 102 cm³/mol. The summed E-state index contributed by atoms with van der Waals surface area (Å²) in [6, 6.07) is 11.7. The van der Waals surface area contributed by atoms with E-state index in [4.69, 9.17) is 9.15 Å². The third kappa shape index (κ3) is 4.37. The standard InChI is InChI=1S/C18H16BrFN2O4S/c1-25-11-10-21-17-18(27(23,24)15-8-6-14(20)7-9-15)22-16(26-17)12-2-4-13(19)5-3-12/h2-9,21H,10-11H2,1H3. The maximum atomic E-state index is 13.2. The summed E-state index contributed by atoms with van der Waals surface area (Å²) in [6.07, 6.45) is 0. The van der Waals surface area contributed by atoms with Crippen LogP contribution in [0, 0.1) is 5.82 Å². The van der Waals surface area contributed by atoms with Crippen molar-refractivity contribution >= 4 is 31.7 Å². The number of rotatable bonds is 7. The van der Waals surface area contributed by atoms with Crippen molar-refractivity contribution in [3.05, 3.63) is 58.8 Å². The zero-order chi connectivity index (χ0) is 19.4. The van der Waals surface area contributed by atoms with Gasteiger partial charge in [0.25, 0.3) is 0 Å². The highest BCUT2D eigenvalue weighted by molar-refractivity contribution is 9.10. The molecule has 0 aliphatic rings. The van der Waals surface area contributed by atoms with E-state index in [1.54, 1.807) is 24.3 Å². The molecule has 6 nitrogen and oxygen atoms in total. The Labute approximate surface area is 164 Å². The molecule has 0 saturated carbocycles. The van der Waals surface area contributed by atoms with Gasteiger partial charge >= 0.3 is 0 Å². The summed E-state index contributed by atoms with van der Waals surface area (Å²) in [5.41, 5.74) is 0.619. The molecule has 0 saturated heterocycles. The van der Waals surface area contributed by atoms with Crippen molar-refractivity contribution in [3.63, 3.8) is 0 Å². The Bertz CT molecular complexity index is 1020. The molecule has 2 aromatic carbocycles. The highest BCUT2D eigenvalue weighted by Gasteiger charge is 2.28. The second-order valence-corrected chi connectivity index (χ2v) is 8.32. The van der Waals surface area contributed by atoms with E-state index in [1.165, 1.54) is 19.2 Å². The van der Waals surface area contributed by atoms with Crippen LogP contribution in [0.4, 0.5) is 10.3 Å². The van der Waals surface area contributed by atoms with Gasteiger partial charge in [0.15, 0.2) is 0 Å². The van der Waals surface area contributed by atoms with E-state index in [0.29, 0.717) is 18.7 Å². The van der Waals surface area contributed by atoms with Crippen molar-refractivity contribution in [1.29, 1.82) is 0 Å². The summed E-state index contributed by atoms with van der Waals surface area (Å²) < 4.78 is 50.6. The van der Waals surface area contributed by atoms with E-state index >= 15 is 0 Å². The largest absolute Gasteiger partial charge is 0.419 e. The highest BCUT2D eigenvalue weighted by Crippen LogP contribution is 2.32. The van der Waals surface area contributed by atoms with Gasteiger partial charge < -0.3 is 14.5 Å². The van der Waals surface area contributed by atoms with Gasteiger partial charge in [-0.25, -0.2) is 12.8 Å². The third-order valence-electron chi connectivity index (χ3n) is 3.66. The Hall–Kier alpha value is -2.23. The molecule has 0 atom stereocenters. The van der Waals surface area contributed by atoms with Crippen LogP contribution in [-0.2, 0) is 14.6 Å². The van der Waals surface area contributed by atoms with Crippen LogP contribution in [0.25, 0.3) is 11.5 Å². The van der Waals surface area contributed by atoms with Crippen LogP contribution in [0.3, 0.4) is 0 Å². The predicted octanol–water partition coefficient (Wildman–Crippen LogP) is 4.13. The number of halogens is 2. The van der Waals surface area contributed by atoms with E-state index in [-0.39, 0.29) is 21.7 Å². The van der Waals surface area contributed by atoms with Gasteiger partial charge in [-0.3, -0.25) is 0 Å². The molecule has 142 valence electrons. The number of anilines is 1. The minimum absolute atomic E-state index is 0.00861. The first kappa shape index (κ1) is 19.5. The molecule has 0 aliphatic heterocycles. The monoisotopic (exact) mass is 454 g/mol. The number of oxazole rings is 1. The van der Waals surface area contributed by atoms with E-state index in [2.05, 4.69) is 26.2 Å². The third-order valence-corrected chi connectivity index (χ3v) is 5.86. The molecule has 0 fully saturated rings. The number of methoxy groups -OCH3 is 1. The second kappa shape index (κ2) is 8.20. The van der Waals surface area contributed by atoms with Crippen LogP contribution < -0.4 is 5.32 Å². The van der Waals surface area contributed by atoms with Crippen LogP contribution in [0.2, 0.25) is 0 Å². The number of nitrogens with one attached hydrogen (secondary N) is 1. The maximum Gasteiger partial charge on any atom is 0.233 e. The van der Waals surface area contributed by atoms with Gasteiger partial charge in [-0.1, -0.05) is 15.9 Å². The smallest absolute Gasteiger partial charge is 0.233 e. The number of hydrogen-bond donors (Lipinski definition) is 1. The average Bonchev–Trinajstić information content (AvgIpc) is 3.08. The van der Waals surface area contributed by atoms with Crippen molar-refractivity contribution in [2.24, 2.45) is 0 Å². The lowest BCUT2D eigenvalue weighted by Gasteiger charge is -2.05. The van der Waals surface area contributed by atoms with E-state index < -0.39 is 15.7 Å². The van der Waals surface area contributed by atoms with Gasteiger partial charge in [-0.05, 0) is 48.5 Å². The van der Waals surface area contributed by atoms with Gasteiger partial charge in [0.05, 0.1) is 11.5 Å². The van der Waals surface area contributed by atoms with Crippen molar-refractivity contribution in [1.82, 2.24) is 4.98 Å². The fourth-order valence-corrected chi connectivity index (χ4v) is 3.85. The van der Waals surface area contributed by atoms with E-state index in [1.807, 2.05) is 0 Å². The molecule has 1 aromatic heterocycles. The quantitative estimate of drug-likeness (QED) is 0.426. The fourth-order valence-electron chi connectivity index (χ4n) is 2.31. The summed E-state index contributed by atoms with van der Waals surface area (Å²) in [5, 5.41) is 2.63. The van der Waals surface area contributed by atoms with Crippen molar-refractivity contribution < 1.29 is 22.0 Å². The number of benzene rings is 2. The topological polar surface area (TPSA) is 81.4 Å². The first-order valence-corrected chi connectivity index (χ1v) is 10.2. The van der Waals surface area contributed by atoms with Crippen LogP contribution >= 0.6 is 15.9 Å². The summed E-state index contributed by atoms with van der Waals surface area (Å²) in [4.78, 5) is 4.12. The van der Waals surface area contributed by atoms with Crippen molar-refractivity contribution in [2.45, 2.75) is 9.92 Å². The van der Waals surface area contributed by atoms with Gasteiger partial charge in [-0.15, -0.1) is 0 Å². The number of sulfone groups is 1. The number of nitrogens with zero attached hydrogens (tertiary/aromatic N) is 1. The molecule has 0 amide bonds. The molecule has 0 aliphatic carbocycles. The van der Waals surface area contributed by atoms with Crippen LogP contribution in [0.1, 0.15) is 0 Å². The normalized spacial score (nSPS) is 11.5. The summed E-state index contributed by atoms with van der Waals surface area (Å²) in [7, 11) is -2.47. The van der Waals surface area contributed by atoms with E-state index in [9.17, 15) is 12.8 Å². The molecule has 3 aromatic rings. The zero-order valence-corrected chi connectivity index (χ0v) is 16.7. The van der Waals surface area contributed by atoms with Crippen LogP contribution in [-0.4, -0.2) is 33.7 Å². The molecule has 27 heavy (non-hydrogen) atoms.